The van der Waals surface area contributed by atoms with Crippen molar-refractivity contribution in [1.82, 2.24) is 0 Å². The summed E-state index contributed by atoms with van der Waals surface area (Å²) in [5.41, 5.74) is 1.10. The largest absolute Gasteiger partial charge is 0.497 e. The van der Waals surface area contributed by atoms with Crippen LogP contribution in [0.15, 0.2) is 36.4 Å². The smallest absolute Gasteiger partial charge is 0.192 e. The van der Waals surface area contributed by atoms with Crippen LogP contribution in [0.25, 0.3) is 0 Å². The number of hydrogen-bond donors (Lipinski definition) is 0. The van der Waals surface area contributed by atoms with Gasteiger partial charge in [-0.1, -0.05) is 96.9 Å². The Labute approximate surface area is 276 Å². The molecule has 0 spiro atoms. The van der Waals surface area contributed by atoms with Gasteiger partial charge in [0.25, 0.3) is 0 Å². The Balaban J connectivity index is 2.04. The highest BCUT2D eigenvalue weighted by Gasteiger charge is 2.44. The molecule has 4 atom stereocenters. The molecule has 0 bridgehead atoms. The molecule has 0 N–H and O–H groups in total. The topological polar surface area (TPSA) is 64.6 Å². The number of methoxy groups -OCH3 is 2. The Bertz CT molecular complexity index is 941. The fraction of sp³-hybridized carbons (Fsp3) is 0.784. The van der Waals surface area contributed by atoms with Crippen molar-refractivity contribution in [2.24, 2.45) is 0 Å². The van der Waals surface area contributed by atoms with Crippen LogP contribution < -0.4 is 4.74 Å². The van der Waals surface area contributed by atoms with Gasteiger partial charge in [0.1, 0.15) is 18.6 Å². The van der Waals surface area contributed by atoms with E-state index in [2.05, 4.69) is 52.9 Å². The summed E-state index contributed by atoms with van der Waals surface area (Å²) in [6.45, 7) is 19.2. The molecule has 7 nitrogen and oxygen atoms in total. The molecule has 0 aliphatic carbocycles. The van der Waals surface area contributed by atoms with Crippen LogP contribution in [0.2, 0.25) is 18.1 Å². The molecule has 1 fully saturated rings. The maximum Gasteiger partial charge on any atom is 0.192 e. The Kier molecular flexibility index (Phi) is 17.9. The van der Waals surface area contributed by atoms with Crippen molar-refractivity contribution in [3.63, 3.8) is 0 Å². The van der Waals surface area contributed by atoms with Crippen LogP contribution in [0.1, 0.15) is 111 Å². The van der Waals surface area contributed by atoms with Crippen LogP contribution in [0.5, 0.6) is 5.75 Å². The van der Waals surface area contributed by atoms with E-state index in [1.807, 2.05) is 38.1 Å². The molecule has 0 amide bonds. The van der Waals surface area contributed by atoms with Gasteiger partial charge in [0.2, 0.25) is 0 Å². The second-order valence-electron chi connectivity index (χ2n) is 14.5. The lowest BCUT2D eigenvalue weighted by Gasteiger charge is -2.40. The molecule has 260 valence electrons. The third kappa shape index (κ3) is 15.5. The molecule has 0 aromatic heterocycles. The molecule has 1 aliphatic rings. The van der Waals surface area contributed by atoms with Crippen molar-refractivity contribution in [3.8, 4) is 5.75 Å². The third-order valence-electron chi connectivity index (χ3n) is 9.00. The minimum absolute atomic E-state index is 0.0926. The molecule has 1 aliphatic heterocycles. The molecule has 1 heterocycles. The Morgan fingerprint density at radius 3 is 2.22 bits per heavy atom. The van der Waals surface area contributed by atoms with E-state index in [0.29, 0.717) is 19.6 Å². The SMILES string of the molecule is CCCCCCCCC[C@H](C[C@@H]1OC(C)(C)O[C@H]1/C=C/[C@H](CCOCc1ccc(OC)cc1)OCOC)O[Si](C)(C)C(C)(C)C. The van der Waals surface area contributed by atoms with Crippen LogP contribution in [0, 0.1) is 0 Å². The molecule has 0 saturated carbocycles. The van der Waals surface area contributed by atoms with Gasteiger partial charge in [0, 0.05) is 32.7 Å². The van der Waals surface area contributed by atoms with Gasteiger partial charge in [-0.3, -0.25) is 0 Å². The van der Waals surface area contributed by atoms with Gasteiger partial charge in [-0.2, -0.15) is 0 Å². The van der Waals surface area contributed by atoms with E-state index in [-0.39, 0.29) is 36.2 Å². The van der Waals surface area contributed by atoms with Crippen molar-refractivity contribution >= 4 is 8.32 Å². The summed E-state index contributed by atoms with van der Waals surface area (Å²) < 4.78 is 42.4. The van der Waals surface area contributed by atoms with Crippen molar-refractivity contribution in [3.05, 3.63) is 42.0 Å². The van der Waals surface area contributed by atoms with E-state index < -0.39 is 14.1 Å². The lowest BCUT2D eigenvalue weighted by Crippen LogP contribution is -2.45. The van der Waals surface area contributed by atoms with Gasteiger partial charge < -0.3 is 32.8 Å². The van der Waals surface area contributed by atoms with Gasteiger partial charge in [0.15, 0.2) is 14.1 Å². The molecular formula is C37H66O7Si. The predicted octanol–water partition coefficient (Wildman–Crippen LogP) is 9.59. The normalized spacial score (nSPS) is 20.1. The molecule has 0 unspecified atom stereocenters. The molecule has 1 aromatic carbocycles. The first-order valence-electron chi connectivity index (χ1n) is 17.3. The Morgan fingerprint density at radius 2 is 1.60 bits per heavy atom. The van der Waals surface area contributed by atoms with Gasteiger partial charge in [-0.05, 0) is 56.1 Å². The van der Waals surface area contributed by atoms with Crippen LogP contribution in [-0.4, -0.2) is 66.1 Å². The van der Waals surface area contributed by atoms with Crippen molar-refractivity contribution in [2.45, 2.75) is 161 Å². The van der Waals surface area contributed by atoms with Crippen molar-refractivity contribution < 1.29 is 32.8 Å². The highest BCUT2D eigenvalue weighted by molar-refractivity contribution is 6.74. The summed E-state index contributed by atoms with van der Waals surface area (Å²) in [6.07, 6.45) is 15.5. The summed E-state index contributed by atoms with van der Waals surface area (Å²) >= 11 is 0. The number of hydrogen-bond acceptors (Lipinski definition) is 7. The number of rotatable bonds is 23. The Morgan fingerprint density at radius 1 is 0.933 bits per heavy atom. The molecule has 1 saturated heterocycles. The molecule has 1 aromatic rings. The van der Waals surface area contributed by atoms with Gasteiger partial charge in [-0.15, -0.1) is 0 Å². The summed E-state index contributed by atoms with van der Waals surface area (Å²) in [4.78, 5) is 0. The molecule has 0 radical (unpaired) electrons. The maximum atomic E-state index is 7.03. The standard InChI is InChI=1S/C37H66O7Si/c1-11-12-13-14-15-16-17-18-33(44-45(9,10)36(2,3)4)27-35-34(42-37(5,6)43-35)24-23-32(41-29-38-7)25-26-40-28-30-19-21-31(39-8)22-20-30/h19-24,32-35H,11-18,25-29H2,1-10H3/b24-23+/t32-,33-,34+,35+/m1/s1. The minimum atomic E-state index is -1.95. The van der Waals surface area contributed by atoms with Crippen LogP contribution in [0.4, 0.5) is 0 Å². The van der Waals surface area contributed by atoms with Crippen molar-refractivity contribution in [1.29, 1.82) is 0 Å². The van der Waals surface area contributed by atoms with E-state index in [9.17, 15) is 0 Å². The first kappa shape index (κ1) is 39.9. The first-order chi connectivity index (χ1) is 21.3. The average Bonchev–Trinajstić information content (AvgIpc) is 3.27. The lowest BCUT2D eigenvalue weighted by molar-refractivity contribution is -0.145. The van der Waals surface area contributed by atoms with E-state index >= 15 is 0 Å². The highest BCUT2D eigenvalue weighted by atomic mass is 28.4. The fourth-order valence-corrected chi connectivity index (χ4v) is 6.75. The predicted molar refractivity (Wildman–Crippen MR) is 186 cm³/mol. The summed E-state index contributed by atoms with van der Waals surface area (Å²) in [7, 11) is 1.36. The summed E-state index contributed by atoms with van der Waals surface area (Å²) in [6, 6.07) is 7.94. The van der Waals surface area contributed by atoms with Crippen LogP contribution in [-0.2, 0) is 34.7 Å². The zero-order chi connectivity index (χ0) is 33.3. The molecule has 8 heteroatoms. The summed E-state index contributed by atoms with van der Waals surface area (Å²) in [5.74, 6) is 0.178. The zero-order valence-electron chi connectivity index (χ0n) is 30.3. The number of unbranched alkanes of at least 4 members (excludes halogenated alkanes) is 6. The maximum absolute atomic E-state index is 7.03. The van der Waals surface area contributed by atoms with Gasteiger partial charge in [-0.25, -0.2) is 0 Å². The highest BCUT2D eigenvalue weighted by Crippen LogP contribution is 2.40. The van der Waals surface area contributed by atoms with E-state index in [1.54, 1.807) is 14.2 Å². The van der Waals surface area contributed by atoms with E-state index in [1.165, 1.54) is 44.9 Å². The average molecular weight is 651 g/mol. The quantitative estimate of drug-likeness (QED) is 0.0506. The first-order valence-corrected chi connectivity index (χ1v) is 20.2. The van der Waals surface area contributed by atoms with Crippen LogP contribution >= 0.6 is 0 Å². The molecular weight excluding hydrogens is 584 g/mol. The summed E-state index contributed by atoms with van der Waals surface area (Å²) in [5, 5.41) is 0.151. The van der Waals surface area contributed by atoms with E-state index in [0.717, 1.165) is 24.2 Å². The van der Waals surface area contributed by atoms with Gasteiger partial charge in [0.05, 0.1) is 25.9 Å². The van der Waals surface area contributed by atoms with Crippen LogP contribution in [0.3, 0.4) is 0 Å². The van der Waals surface area contributed by atoms with E-state index in [4.69, 9.17) is 32.8 Å². The monoisotopic (exact) mass is 650 g/mol. The zero-order valence-corrected chi connectivity index (χ0v) is 31.3. The molecule has 2 rings (SSSR count). The Hall–Kier alpha value is -1.26. The number of ether oxygens (including phenoxy) is 6. The third-order valence-corrected chi connectivity index (χ3v) is 13.5. The van der Waals surface area contributed by atoms with Gasteiger partial charge >= 0.3 is 0 Å². The van der Waals surface area contributed by atoms with Crippen molar-refractivity contribution in [2.75, 3.05) is 27.6 Å². The fourth-order valence-electron chi connectivity index (χ4n) is 5.35. The minimum Gasteiger partial charge on any atom is -0.497 e. The number of benzene rings is 1. The lowest BCUT2D eigenvalue weighted by atomic mass is 10.0. The molecule has 45 heavy (non-hydrogen) atoms. The second kappa shape index (κ2) is 20.2. The second-order valence-corrected chi connectivity index (χ2v) is 19.2.